The summed E-state index contributed by atoms with van der Waals surface area (Å²) in [5, 5.41) is 10.1. The van der Waals surface area contributed by atoms with Crippen molar-refractivity contribution >= 4 is 28.1 Å². The van der Waals surface area contributed by atoms with Crippen LogP contribution in [0, 0.1) is 0 Å². The van der Waals surface area contributed by atoms with Gasteiger partial charge in [0.1, 0.15) is 12.4 Å². The SMILES string of the molecule is CCc1ccc(N(C(C)=O)c2nc(COc3ccc(-c4nnco4)cc3)cs2)cc1. The van der Waals surface area contributed by atoms with Crippen LogP contribution in [0.3, 0.4) is 0 Å². The zero-order valence-corrected chi connectivity index (χ0v) is 17.4. The highest BCUT2D eigenvalue weighted by Crippen LogP contribution is 2.30. The standard InChI is InChI=1S/C22H20N4O3S/c1-3-16-4-8-19(9-5-16)26(15(2)27)22-24-18(13-30-22)12-28-20-10-6-17(7-11-20)21-25-23-14-29-21/h4-11,13-14H,3,12H2,1-2H3. The molecule has 0 spiro atoms. The summed E-state index contributed by atoms with van der Waals surface area (Å²) in [5.74, 6) is 1.08. The third kappa shape index (κ3) is 4.38. The first kappa shape index (κ1) is 19.8. The van der Waals surface area contributed by atoms with E-state index in [0.717, 1.165) is 23.4 Å². The Hall–Kier alpha value is -3.52. The van der Waals surface area contributed by atoms with Gasteiger partial charge in [-0.25, -0.2) is 4.98 Å². The second-order valence-electron chi connectivity index (χ2n) is 6.55. The molecule has 30 heavy (non-hydrogen) atoms. The highest BCUT2D eigenvalue weighted by Gasteiger charge is 2.18. The normalized spacial score (nSPS) is 10.7. The van der Waals surface area contributed by atoms with Crippen molar-refractivity contribution < 1.29 is 13.9 Å². The molecular formula is C22H20N4O3S. The third-order valence-electron chi connectivity index (χ3n) is 4.50. The van der Waals surface area contributed by atoms with Gasteiger partial charge in [-0.3, -0.25) is 9.69 Å². The average molecular weight is 420 g/mol. The van der Waals surface area contributed by atoms with Crippen LogP contribution >= 0.6 is 11.3 Å². The van der Waals surface area contributed by atoms with Crippen molar-refractivity contribution in [1.29, 1.82) is 0 Å². The zero-order chi connectivity index (χ0) is 20.9. The van der Waals surface area contributed by atoms with E-state index in [1.807, 2.05) is 53.9 Å². The van der Waals surface area contributed by atoms with Gasteiger partial charge in [0.2, 0.25) is 18.2 Å². The molecule has 7 nitrogen and oxygen atoms in total. The Bertz CT molecular complexity index is 1110. The minimum absolute atomic E-state index is 0.0855. The molecule has 0 bridgehead atoms. The number of hydrogen-bond donors (Lipinski definition) is 0. The number of aryl methyl sites for hydroxylation is 1. The first-order valence-corrected chi connectivity index (χ1v) is 10.4. The molecule has 152 valence electrons. The van der Waals surface area contributed by atoms with E-state index in [-0.39, 0.29) is 5.91 Å². The fraction of sp³-hybridized carbons (Fsp3) is 0.182. The summed E-state index contributed by atoms with van der Waals surface area (Å²) in [6, 6.07) is 15.3. The fourth-order valence-corrected chi connectivity index (χ4v) is 3.79. The van der Waals surface area contributed by atoms with E-state index in [1.54, 1.807) is 4.90 Å². The monoisotopic (exact) mass is 420 g/mol. The van der Waals surface area contributed by atoms with E-state index >= 15 is 0 Å². The number of aromatic nitrogens is 3. The van der Waals surface area contributed by atoms with E-state index in [9.17, 15) is 4.79 Å². The number of carbonyl (C=O) groups excluding carboxylic acids is 1. The van der Waals surface area contributed by atoms with Crippen LogP contribution in [0.15, 0.2) is 64.7 Å². The minimum Gasteiger partial charge on any atom is -0.487 e. The number of hydrogen-bond acceptors (Lipinski definition) is 7. The van der Waals surface area contributed by atoms with Gasteiger partial charge < -0.3 is 9.15 Å². The zero-order valence-electron chi connectivity index (χ0n) is 16.6. The maximum Gasteiger partial charge on any atom is 0.247 e. The molecule has 0 saturated heterocycles. The molecule has 0 aliphatic carbocycles. The fourth-order valence-electron chi connectivity index (χ4n) is 2.92. The van der Waals surface area contributed by atoms with Gasteiger partial charge in [0.25, 0.3) is 0 Å². The van der Waals surface area contributed by atoms with Crippen molar-refractivity contribution in [2.24, 2.45) is 0 Å². The summed E-state index contributed by atoms with van der Waals surface area (Å²) >= 11 is 1.41. The van der Waals surface area contributed by atoms with Gasteiger partial charge in [0.05, 0.1) is 11.4 Å². The average Bonchev–Trinajstić information content (AvgIpc) is 3.46. The van der Waals surface area contributed by atoms with E-state index in [0.29, 0.717) is 23.4 Å². The molecule has 2 aromatic heterocycles. The van der Waals surface area contributed by atoms with Crippen molar-refractivity contribution in [2.75, 3.05) is 4.90 Å². The number of rotatable bonds is 7. The number of anilines is 2. The van der Waals surface area contributed by atoms with Gasteiger partial charge in [-0.1, -0.05) is 19.1 Å². The largest absolute Gasteiger partial charge is 0.487 e. The Balaban J connectivity index is 1.44. The minimum atomic E-state index is -0.0855. The summed E-state index contributed by atoms with van der Waals surface area (Å²) in [7, 11) is 0. The molecule has 0 radical (unpaired) electrons. The Morgan fingerprint density at radius 2 is 1.90 bits per heavy atom. The van der Waals surface area contributed by atoms with Crippen LogP contribution < -0.4 is 9.64 Å². The lowest BCUT2D eigenvalue weighted by atomic mass is 10.1. The first-order valence-electron chi connectivity index (χ1n) is 9.47. The second kappa shape index (κ2) is 8.87. The molecular weight excluding hydrogens is 400 g/mol. The van der Waals surface area contributed by atoms with Gasteiger partial charge in [0.15, 0.2) is 5.13 Å². The molecule has 0 saturated carbocycles. The molecule has 2 aromatic carbocycles. The number of benzene rings is 2. The van der Waals surface area contributed by atoms with Crippen molar-refractivity contribution in [3.8, 4) is 17.2 Å². The topological polar surface area (TPSA) is 81.4 Å². The number of ether oxygens (including phenoxy) is 1. The number of nitrogens with zero attached hydrogens (tertiary/aromatic N) is 4. The van der Waals surface area contributed by atoms with E-state index < -0.39 is 0 Å². The highest BCUT2D eigenvalue weighted by molar-refractivity contribution is 7.14. The van der Waals surface area contributed by atoms with Crippen LogP contribution in [0.25, 0.3) is 11.5 Å². The van der Waals surface area contributed by atoms with E-state index in [1.165, 1.54) is 30.2 Å². The summed E-state index contributed by atoms with van der Waals surface area (Å²) in [6.45, 7) is 3.94. The predicted molar refractivity (Wildman–Crippen MR) is 115 cm³/mol. The first-order chi connectivity index (χ1) is 14.6. The quantitative estimate of drug-likeness (QED) is 0.418. The van der Waals surface area contributed by atoms with Crippen LogP contribution in [-0.4, -0.2) is 21.1 Å². The molecule has 8 heteroatoms. The van der Waals surface area contributed by atoms with Crippen molar-refractivity contribution in [3.63, 3.8) is 0 Å². The Labute approximate surface area is 178 Å². The predicted octanol–water partition coefficient (Wildman–Crippen LogP) is 5.02. The van der Waals surface area contributed by atoms with Gasteiger partial charge >= 0.3 is 0 Å². The molecule has 0 fully saturated rings. The number of amides is 1. The number of carbonyl (C=O) groups is 1. The number of thiazole rings is 1. The molecule has 0 unspecified atom stereocenters. The van der Waals surface area contributed by atoms with Crippen molar-refractivity contribution in [3.05, 3.63) is 71.6 Å². The second-order valence-corrected chi connectivity index (χ2v) is 7.39. The third-order valence-corrected chi connectivity index (χ3v) is 5.37. The van der Waals surface area contributed by atoms with Crippen molar-refractivity contribution in [1.82, 2.24) is 15.2 Å². The molecule has 0 N–H and O–H groups in total. The van der Waals surface area contributed by atoms with E-state index in [4.69, 9.17) is 9.15 Å². The summed E-state index contributed by atoms with van der Waals surface area (Å²) < 4.78 is 11.0. The van der Waals surface area contributed by atoms with Gasteiger partial charge in [-0.05, 0) is 48.4 Å². The molecule has 2 heterocycles. The summed E-state index contributed by atoms with van der Waals surface area (Å²) in [6.07, 6.45) is 2.25. The van der Waals surface area contributed by atoms with Gasteiger partial charge in [-0.2, -0.15) is 0 Å². The van der Waals surface area contributed by atoms with Gasteiger partial charge in [-0.15, -0.1) is 21.5 Å². The molecule has 0 aliphatic rings. The molecule has 0 aliphatic heterocycles. The lowest BCUT2D eigenvalue weighted by Gasteiger charge is -2.18. The highest BCUT2D eigenvalue weighted by atomic mass is 32.1. The van der Waals surface area contributed by atoms with Crippen LogP contribution in [0.5, 0.6) is 5.75 Å². The Morgan fingerprint density at radius 1 is 1.13 bits per heavy atom. The molecule has 1 amide bonds. The maximum atomic E-state index is 12.3. The molecule has 0 atom stereocenters. The Morgan fingerprint density at radius 3 is 2.53 bits per heavy atom. The maximum absolute atomic E-state index is 12.3. The van der Waals surface area contributed by atoms with E-state index in [2.05, 4.69) is 22.1 Å². The van der Waals surface area contributed by atoms with Crippen LogP contribution in [0.2, 0.25) is 0 Å². The molecule has 4 aromatic rings. The van der Waals surface area contributed by atoms with Crippen LogP contribution in [0.4, 0.5) is 10.8 Å². The van der Waals surface area contributed by atoms with Crippen LogP contribution in [0.1, 0.15) is 25.1 Å². The Kier molecular flexibility index (Phi) is 5.85. The molecule has 4 rings (SSSR count). The lowest BCUT2D eigenvalue weighted by molar-refractivity contribution is -0.115. The summed E-state index contributed by atoms with van der Waals surface area (Å²) in [4.78, 5) is 18.5. The van der Waals surface area contributed by atoms with Crippen molar-refractivity contribution in [2.45, 2.75) is 26.9 Å². The van der Waals surface area contributed by atoms with Crippen LogP contribution in [-0.2, 0) is 17.8 Å². The van der Waals surface area contributed by atoms with Gasteiger partial charge in [0, 0.05) is 17.9 Å². The summed E-state index contributed by atoms with van der Waals surface area (Å²) in [5.41, 5.74) is 3.60. The lowest BCUT2D eigenvalue weighted by Crippen LogP contribution is -2.22. The smallest absolute Gasteiger partial charge is 0.247 e.